The summed E-state index contributed by atoms with van der Waals surface area (Å²) in [5, 5.41) is 13.5. The molecule has 0 saturated carbocycles. The third kappa shape index (κ3) is 3.76. The fourth-order valence-corrected chi connectivity index (χ4v) is 2.26. The van der Waals surface area contributed by atoms with Crippen LogP contribution in [0.5, 0.6) is 0 Å². The van der Waals surface area contributed by atoms with Gasteiger partial charge < -0.3 is 10.6 Å². The van der Waals surface area contributed by atoms with Crippen LogP contribution < -0.4 is 10.6 Å². The maximum absolute atomic E-state index is 12.5. The zero-order valence-electron chi connectivity index (χ0n) is 13.7. The van der Waals surface area contributed by atoms with E-state index in [1.54, 1.807) is 24.3 Å². The van der Waals surface area contributed by atoms with Crippen molar-refractivity contribution in [1.82, 2.24) is 20.3 Å². The first kappa shape index (κ1) is 16.9. The van der Waals surface area contributed by atoms with Gasteiger partial charge in [0.05, 0.1) is 29.7 Å². The Labute approximate surface area is 150 Å². The third-order valence-electron chi connectivity index (χ3n) is 3.48. The van der Waals surface area contributed by atoms with E-state index in [1.165, 1.54) is 11.0 Å². The lowest BCUT2D eigenvalue weighted by molar-refractivity contribution is 0.0959. The number of rotatable bonds is 5. The third-order valence-corrected chi connectivity index (χ3v) is 3.48. The summed E-state index contributed by atoms with van der Waals surface area (Å²) in [6.45, 7) is 0.104. The highest BCUT2D eigenvalue weighted by Crippen LogP contribution is 2.16. The molecule has 26 heavy (non-hydrogen) atoms. The lowest BCUT2D eigenvalue weighted by atomic mass is 10.1. The molecule has 0 bridgehead atoms. The molecule has 0 atom stereocenters. The highest BCUT2D eigenvalue weighted by atomic mass is 16.2. The van der Waals surface area contributed by atoms with E-state index >= 15 is 0 Å². The Morgan fingerprint density at radius 3 is 2.54 bits per heavy atom. The molecule has 0 spiro atoms. The van der Waals surface area contributed by atoms with E-state index in [2.05, 4.69) is 26.8 Å². The predicted molar refractivity (Wildman–Crippen MR) is 96.9 cm³/mol. The molecule has 0 saturated heterocycles. The number of carbonyl (C=O) groups excluding carboxylic acids is 2. The van der Waals surface area contributed by atoms with Crippen LogP contribution in [0, 0.1) is 12.3 Å². The molecular formula is C19H15N5O2. The molecule has 0 aliphatic rings. The number of amides is 2. The first-order chi connectivity index (χ1) is 12.7. The number of hydrogen-bond acceptors (Lipinski definition) is 4. The first-order valence-electron chi connectivity index (χ1n) is 7.79. The summed E-state index contributed by atoms with van der Waals surface area (Å²) < 4.78 is 0. The minimum absolute atomic E-state index is 0.104. The van der Waals surface area contributed by atoms with Crippen LogP contribution >= 0.6 is 0 Å². The smallest absolute Gasteiger partial charge is 0.277 e. The maximum Gasteiger partial charge on any atom is 0.277 e. The van der Waals surface area contributed by atoms with Crippen LogP contribution in [0.4, 0.5) is 5.69 Å². The minimum atomic E-state index is -0.468. The van der Waals surface area contributed by atoms with Crippen molar-refractivity contribution in [2.24, 2.45) is 0 Å². The standard InChI is InChI=1S/C19H15N5O2/c1-2-12-20-18(25)15-10-6-7-11-16(15)22-19(26)17-13-21-24(23-17)14-8-4-3-5-9-14/h1,3-11,13H,12H2,(H,20,25)(H,22,26). The van der Waals surface area contributed by atoms with Crippen molar-refractivity contribution in [1.29, 1.82) is 0 Å². The van der Waals surface area contributed by atoms with Crippen molar-refractivity contribution < 1.29 is 9.59 Å². The molecule has 0 fully saturated rings. The first-order valence-corrected chi connectivity index (χ1v) is 7.79. The van der Waals surface area contributed by atoms with Crippen molar-refractivity contribution in [2.45, 2.75) is 0 Å². The molecule has 1 heterocycles. The van der Waals surface area contributed by atoms with Crippen LogP contribution in [0.2, 0.25) is 0 Å². The molecule has 128 valence electrons. The number of nitrogens with zero attached hydrogens (tertiary/aromatic N) is 3. The molecule has 2 N–H and O–H groups in total. The second-order valence-electron chi connectivity index (χ2n) is 5.24. The van der Waals surface area contributed by atoms with Crippen LogP contribution in [-0.2, 0) is 0 Å². The van der Waals surface area contributed by atoms with Gasteiger partial charge in [-0.15, -0.1) is 11.5 Å². The van der Waals surface area contributed by atoms with E-state index in [1.807, 2.05) is 30.3 Å². The van der Waals surface area contributed by atoms with E-state index in [4.69, 9.17) is 6.42 Å². The summed E-state index contributed by atoms with van der Waals surface area (Å²) in [7, 11) is 0. The Morgan fingerprint density at radius 2 is 1.77 bits per heavy atom. The monoisotopic (exact) mass is 345 g/mol. The van der Waals surface area contributed by atoms with Gasteiger partial charge in [-0.2, -0.15) is 9.90 Å². The Morgan fingerprint density at radius 1 is 1.04 bits per heavy atom. The molecule has 1 aromatic heterocycles. The summed E-state index contributed by atoms with van der Waals surface area (Å²) >= 11 is 0. The largest absolute Gasteiger partial charge is 0.341 e. The fraction of sp³-hybridized carbons (Fsp3) is 0.0526. The van der Waals surface area contributed by atoms with Gasteiger partial charge >= 0.3 is 0 Å². The van der Waals surface area contributed by atoms with Gasteiger partial charge in [0.25, 0.3) is 11.8 Å². The van der Waals surface area contributed by atoms with Crippen LogP contribution in [0.15, 0.2) is 60.8 Å². The zero-order chi connectivity index (χ0) is 18.4. The second-order valence-corrected chi connectivity index (χ2v) is 5.24. The molecular weight excluding hydrogens is 330 g/mol. The second kappa shape index (κ2) is 7.77. The van der Waals surface area contributed by atoms with Crippen LogP contribution in [0.25, 0.3) is 5.69 Å². The van der Waals surface area contributed by atoms with Crippen molar-refractivity contribution in [3.8, 4) is 18.0 Å². The molecule has 3 rings (SSSR count). The Bertz CT molecular complexity index is 973. The van der Waals surface area contributed by atoms with E-state index in [0.29, 0.717) is 11.3 Å². The van der Waals surface area contributed by atoms with Gasteiger partial charge in [0.2, 0.25) is 0 Å². The maximum atomic E-state index is 12.5. The van der Waals surface area contributed by atoms with Crippen molar-refractivity contribution in [3.63, 3.8) is 0 Å². The van der Waals surface area contributed by atoms with Crippen molar-refractivity contribution in [3.05, 3.63) is 72.1 Å². The summed E-state index contributed by atoms with van der Waals surface area (Å²) in [6.07, 6.45) is 6.51. The Kier molecular flexibility index (Phi) is 5.05. The highest BCUT2D eigenvalue weighted by Gasteiger charge is 2.16. The van der Waals surface area contributed by atoms with Crippen LogP contribution in [0.3, 0.4) is 0 Å². The number of anilines is 1. The molecule has 0 radical (unpaired) electrons. The quantitative estimate of drug-likeness (QED) is 0.691. The molecule has 3 aromatic rings. The topological polar surface area (TPSA) is 88.9 Å². The Hall–Kier alpha value is -3.92. The average Bonchev–Trinajstić information content (AvgIpc) is 3.17. The molecule has 0 aliphatic carbocycles. The molecule has 2 aromatic carbocycles. The van der Waals surface area contributed by atoms with E-state index in [-0.39, 0.29) is 18.1 Å². The van der Waals surface area contributed by atoms with Crippen LogP contribution in [-0.4, -0.2) is 33.4 Å². The molecule has 0 aliphatic heterocycles. The van der Waals surface area contributed by atoms with E-state index in [9.17, 15) is 9.59 Å². The molecule has 7 nitrogen and oxygen atoms in total. The lowest BCUT2D eigenvalue weighted by Crippen LogP contribution is -2.25. The average molecular weight is 345 g/mol. The molecule has 7 heteroatoms. The molecule has 2 amide bonds. The summed E-state index contributed by atoms with van der Waals surface area (Å²) in [5.74, 6) is 1.50. The van der Waals surface area contributed by atoms with Crippen LogP contribution in [0.1, 0.15) is 20.8 Å². The normalized spacial score (nSPS) is 9.96. The molecule has 0 unspecified atom stereocenters. The summed E-state index contributed by atoms with van der Waals surface area (Å²) in [5.41, 5.74) is 1.54. The van der Waals surface area contributed by atoms with Crippen molar-refractivity contribution in [2.75, 3.05) is 11.9 Å². The zero-order valence-corrected chi connectivity index (χ0v) is 13.7. The summed E-state index contributed by atoms with van der Waals surface area (Å²) in [6, 6.07) is 15.9. The number of benzene rings is 2. The van der Waals surface area contributed by atoms with Gasteiger partial charge in [-0.25, -0.2) is 0 Å². The van der Waals surface area contributed by atoms with Gasteiger partial charge in [-0.3, -0.25) is 9.59 Å². The Balaban J connectivity index is 1.78. The van der Waals surface area contributed by atoms with Gasteiger partial charge in [0.1, 0.15) is 0 Å². The number of hydrogen-bond donors (Lipinski definition) is 2. The number of para-hydroxylation sites is 2. The van der Waals surface area contributed by atoms with Gasteiger partial charge in [0, 0.05) is 0 Å². The van der Waals surface area contributed by atoms with Gasteiger partial charge in [-0.05, 0) is 24.3 Å². The summed E-state index contributed by atoms with van der Waals surface area (Å²) in [4.78, 5) is 26.0. The van der Waals surface area contributed by atoms with Gasteiger partial charge in [-0.1, -0.05) is 36.3 Å². The fourth-order valence-electron chi connectivity index (χ4n) is 2.26. The number of carbonyl (C=O) groups is 2. The number of nitrogens with one attached hydrogen (secondary N) is 2. The van der Waals surface area contributed by atoms with Gasteiger partial charge in [0.15, 0.2) is 5.69 Å². The highest BCUT2D eigenvalue weighted by molar-refractivity contribution is 6.08. The predicted octanol–water partition coefficient (Wildman–Crippen LogP) is 1.88. The van der Waals surface area contributed by atoms with E-state index < -0.39 is 5.91 Å². The SMILES string of the molecule is C#CCNC(=O)c1ccccc1NC(=O)c1cnn(-c2ccccc2)n1. The lowest BCUT2D eigenvalue weighted by Gasteiger charge is -2.09. The number of aromatic nitrogens is 3. The van der Waals surface area contributed by atoms with Crippen molar-refractivity contribution >= 4 is 17.5 Å². The minimum Gasteiger partial charge on any atom is -0.341 e. The van der Waals surface area contributed by atoms with E-state index in [0.717, 1.165) is 5.69 Å². The number of terminal acetylenes is 1.